The molecule has 0 bridgehead atoms. The van der Waals surface area contributed by atoms with E-state index in [1.54, 1.807) is 62.2 Å². The third-order valence-electron chi connectivity index (χ3n) is 6.55. The number of hydrogen-bond donors (Lipinski definition) is 3. The third-order valence-corrected chi connectivity index (χ3v) is 6.80. The van der Waals surface area contributed by atoms with Crippen LogP contribution in [0.5, 0.6) is 0 Å². The molecule has 1 fully saturated rings. The molecule has 4 rings (SSSR count). The molecule has 1 aliphatic rings. The first-order chi connectivity index (χ1) is 18.2. The number of H-pyrrole nitrogens is 1. The number of aromatic nitrogens is 3. The summed E-state index contributed by atoms with van der Waals surface area (Å²) < 4.78 is 5.88. The monoisotopic (exact) mass is 542 g/mol. The number of amides is 2. The van der Waals surface area contributed by atoms with Crippen LogP contribution in [0.2, 0.25) is 5.02 Å². The van der Waals surface area contributed by atoms with E-state index < -0.39 is 17.2 Å². The van der Waals surface area contributed by atoms with Crippen LogP contribution in [0.4, 0.5) is 16.3 Å². The van der Waals surface area contributed by atoms with Crippen LogP contribution in [-0.4, -0.2) is 69.4 Å². The second-order valence-electron chi connectivity index (χ2n) is 10.4. The van der Waals surface area contributed by atoms with E-state index in [0.717, 1.165) is 0 Å². The SMILES string of the molecule is CC(C)(C)OC(=O)N(c1ncnc2[nH]ccc12)C1(C(=O)N(CCCCO)c2ccc(Cl)cc2)CCNCC1. The number of carbonyl (C=O) groups is 2. The second kappa shape index (κ2) is 11.7. The normalized spacial score (nSPS) is 15.3. The predicted octanol–water partition coefficient (Wildman–Crippen LogP) is 4.28. The molecule has 0 saturated carbocycles. The number of aromatic amines is 1. The Balaban J connectivity index is 1.88. The molecule has 204 valence electrons. The number of hydrogen-bond acceptors (Lipinski definition) is 7. The number of carbonyl (C=O) groups excluding carboxylic acids is 2. The minimum absolute atomic E-state index is 0.0220. The van der Waals surface area contributed by atoms with E-state index in [1.165, 1.54) is 11.2 Å². The summed E-state index contributed by atoms with van der Waals surface area (Å²) in [7, 11) is 0. The van der Waals surface area contributed by atoms with Gasteiger partial charge in [-0.2, -0.15) is 0 Å². The molecule has 3 heterocycles. The van der Waals surface area contributed by atoms with Crippen molar-refractivity contribution >= 4 is 46.1 Å². The van der Waals surface area contributed by atoms with E-state index in [0.29, 0.717) is 72.9 Å². The predicted molar refractivity (Wildman–Crippen MR) is 148 cm³/mol. The van der Waals surface area contributed by atoms with Gasteiger partial charge < -0.3 is 25.0 Å². The Morgan fingerprint density at radius 2 is 1.82 bits per heavy atom. The Morgan fingerprint density at radius 1 is 1.11 bits per heavy atom. The molecule has 0 radical (unpaired) electrons. The van der Waals surface area contributed by atoms with Gasteiger partial charge in [0.1, 0.15) is 23.1 Å². The highest BCUT2D eigenvalue weighted by atomic mass is 35.5. The number of rotatable bonds is 8. The Bertz CT molecular complexity index is 1250. The Morgan fingerprint density at radius 3 is 2.47 bits per heavy atom. The summed E-state index contributed by atoms with van der Waals surface area (Å²) in [6.07, 6.45) is 4.28. The number of benzene rings is 1. The summed E-state index contributed by atoms with van der Waals surface area (Å²) in [5.41, 5.74) is -0.870. The van der Waals surface area contributed by atoms with Gasteiger partial charge in [0, 0.05) is 30.1 Å². The Kier molecular flexibility index (Phi) is 8.54. The standard InChI is InChI=1S/C27H35ClN6O4/c1-26(2,3)38-25(37)34(23-21-10-13-30-22(21)31-18-32-23)27(11-14-29-15-12-27)24(36)33(16-4-5-17-35)20-8-6-19(28)7-9-20/h6-10,13,18,29,35H,4-5,11-12,14-17H2,1-3H3,(H,30,31,32). The number of fused-ring (bicyclic) bond motifs is 1. The molecule has 11 heteroatoms. The number of ether oxygens (including phenoxy) is 1. The summed E-state index contributed by atoms with van der Waals surface area (Å²) in [6, 6.07) is 8.84. The zero-order chi connectivity index (χ0) is 27.3. The van der Waals surface area contributed by atoms with Crippen LogP contribution in [0.3, 0.4) is 0 Å². The maximum Gasteiger partial charge on any atom is 0.417 e. The van der Waals surface area contributed by atoms with Crippen molar-refractivity contribution in [2.75, 3.05) is 36.0 Å². The minimum atomic E-state index is -1.29. The highest BCUT2D eigenvalue weighted by molar-refractivity contribution is 6.30. The van der Waals surface area contributed by atoms with Crippen LogP contribution in [0.25, 0.3) is 11.0 Å². The molecule has 1 aromatic carbocycles. The molecular weight excluding hydrogens is 508 g/mol. The van der Waals surface area contributed by atoms with Crippen molar-refractivity contribution in [1.29, 1.82) is 0 Å². The van der Waals surface area contributed by atoms with Crippen molar-refractivity contribution in [3.05, 3.63) is 47.9 Å². The largest absolute Gasteiger partial charge is 0.443 e. The fourth-order valence-electron chi connectivity index (χ4n) is 4.78. The number of aliphatic hydroxyl groups excluding tert-OH is 1. The molecule has 3 aromatic rings. The van der Waals surface area contributed by atoms with E-state index in [2.05, 4.69) is 20.3 Å². The number of halogens is 1. The van der Waals surface area contributed by atoms with Gasteiger partial charge in [-0.3, -0.25) is 4.79 Å². The van der Waals surface area contributed by atoms with Gasteiger partial charge in [-0.25, -0.2) is 19.7 Å². The summed E-state index contributed by atoms with van der Waals surface area (Å²) in [5, 5.41) is 13.9. The zero-order valence-electron chi connectivity index (χ0n) is 22.0. The number of piperidine rings is 1. The molecule has 0 aliphatic carbocycles. The Hall–Kier alpha value is -3.21. The lowest BCUT2D eigenvalue weighted by Gasteiger charge is -2.46. The van der Waals surface area contributed by atoms with E-state index in [9.17, 15) is 14.7 Å². The van der Waals surface area contributed by atoms with Crippen molar-refractivity contribution in [3.63, 3.8) is 0 Å². The van der Waals surface area contributed by atoms with Crippen LogP contribution in [0, 0.1) is 0 Å². The summed E-state index contributed by atoms with van der Waals surface area (Å²) in [4.78, 5) is 43.7. The molecule has 1 saturated heterocycles. The number of nitrogens with zero attached hydrogens (tertiary/aromatic N) is 4. The maximum absolute atomic E-state index is 14.8. The molecule has 0 spiro atoms. The van der Waals surface area contributed by atoms with Gasteiger partial charge in [0.15, 0.2) is 5.82 Å². The molecule has 38 heavy (non-hydrogen) atoms. The number of aliphatic hydroxyl groups is 1. The van der Waals surface area contributed by atoms with Crippen LogP contribution < -0.4 is 15.1 Å². The smallest absolute Gasteiger partial charge is 0.417 e. The fraction of sp³-hybridized carbons (Fsp3) is 0.481. The van der Waals surface area contributed by atoms with Crippen LogP contribution in [0.1, 0.15) is 46.5 Å². The average Bonchev–Trinajstić information content (AvgIpc) is 3.37. The molecule has 10 nitrogen and oxygen atoms in total. The van der Waals surface area contributed by atoms with E-state index in [1.807, 2.05) is 0 Å². The summed E-state index contributed by atoms with van der Waals surface area (Å²) in [6.45, 7) is 6.81. The van der Waals surface area contributed by atoms with Gasteiger partial charge in [0.25, 0.3) is 5.91 Å². The quantitative estimate of drug-likeness (QED) is 0.363. The highest BCUT2D eigenvalue weighted by Gasteiger charge is 2.52. The fourth-order valence-corrected chi connectivity index (χ4v) is 4.91. The lowest BCUT2D eigenvalue weighted by molar-refractivity contribution is -0.125. The van der Waals surface area contributed by atoms with Gasteiger partial charge in [-0.1, -0.05) is 11.6 Å². The van der Waals surface area contributed by atoms with Gasteiger partial charge >= 0.3 is 6.09 Å². The van der Waals surface area contributed by atoms with E-state index in [-0.39, 0.29) is 12.5 Å². The lowest BCUT2D eigenvalue weighted by atomic mass is 9.84. The lowest BCUT2D eigenvalue weighted by Crippen LogP contribution is -2.66. The first-order valence-corrected chi connectivity index (χ1v) is 13.2. The van der Waals surface area contributed by atoms with E-state index in [4.69, 9.17) is 16.3 Å². The highest BCUT2D eigenvalue weighted by Crippen LogP contribution is 2.38. The minimum Gasteiger partial charge on any atom is -0.443 e. The van der Waals surface area contributed by atoms with Crippen LogP contribution in [0.15, 0.2) is 42.9 Å². The number of unbranched alkanes of at least 4 members (excludes halogenated alkanes) is 1. The average molecular weight is 543 g/mol. The van der Waals surface area contributed by atoms with Crippen molar-refractivity contribution in [3.8, 4) is 0 Å². The number of anilines is 2. The molecule has 0 unspecified atom stereocenters. The van der Waals surface area contributed by atoms with Crippen molar-refractivity contribution in [2.45, 2.75) is 57.6 Å². The molecule has 2 aromatic heterocycles. The van der Waals surface area contributed by atoms with Crippen molar-refractivity contribution in [1.82, 2.24) is 20.3 Å². The zero-order valence-corrected chi connectivity index (χ0v) is 22.8. The van der Waals surface area contributed by atoms with Gasteiger partial charge in [-0.05, 0) is 89.9 Å². The van der Waals surface area contributed by atoms with Gasteiger partial charge in [-0.15, -0.1) is 0 Å². The third kappa shape index (κ3) is 5.92. The van der Waals surface area contributed by atoms with Crippen LogP contribution >= 0.6 is 11.6 Å². The van der Waals surface area contributed by atoms with Gasteiger partial charge in [0.2, 0.25) is 0 Å². The van der Waals surface area contributed by atoms with Crippen molar-refractivity contribution in [2.24, 2.45) is 0 Å². The topological polar surface area (TPSA) is 124 Å². The number of nitrogens with one attached hydrogen (secondary N) is 2. The second-order valence-corrected chi connectivity index (χ2v) is 10.8. The molecule has 2 amide bonds. The first-order valence-electron chi connectivity index (χ1n) is 12.9. The molecular formula is C27H35ClN6O4. The molecule has 0 atom stereocenters. The summed E-state index contributed by atoms with van der Waals surface area (Å²) >= 11 is 6.15. The molecule has 1 aliphatic heterocycles. The van der Waals surface area contributed by atoms with Crippen LogP contribution in [-0.2, 0) is 9.53 Å². The van der Waals surface area contributed by atoms with Crippen molar-refractivity contribution < 1.29 is 19.4 Å². The maximum atomic E-state index is 14.8. The van der Waals surface area contributed by atoms with Gasteiger partial charge in [0.05, 0.1) is 5.39 Å². The molecule has 3 N–H and O–H groups in total. The van der Waals surface area contributed by atoms with E-state index >= 15 is 0 Å². The first kappa shape index (κ1) is 27.8. The Labute approximate surface area is 227 Å². The summed E-state index contributed by atoms with van der Waals surface area (Å²) in [5.74, 6) is 0.0691.